The Bertz CT molecular complexity index is 348. The van der Waals surface area contributed by atoms with Crippen LogP contribution in [0.25, 0.3) is 0 Å². The van der Waals surface area contributed by atoms with Crippen LogP contribution in [-0.2, 0) is 16.8 Å². The van der Waals surface area contributed by atoms with Gasteiger partial charge in [-0.2, -0.15) is 0 Å². The van der Waals surface area contributed by atoms with Gasteiger partial charge in [0.1, 0.15) is 0 Å². The summed E-state index contributed by atoms with van der Waals surface area (Å²) in [4.78, 5) is 0. The van der Waals surface area contributed by atoms with Crippen LogP contribution in [0.5, 0.6) is 0 Å². The van der Waals surface area contributed by atoms with E-state index in [9.17, 15) is 4.39 Å². The zero-order valence-corrected chi connectivity index (χ0v) is 9.42. The van der Waals surface area contributed by atoms with Gasteiger partial charge in [-0.1, -0.05) is 24.3 Å². The van der Waals surface area contributed by atoms with Gasteiger partial charge in [0.05, 0.1) is 13.2 Å². The SMILES string of the molecule is NCCCc1ccccc1C1(F)CCOC1. The molecule has 88 valence electrons. The Balaban J connectivity index is 2.24. The van der Waals surface area contributed by atoms with Gasteiger partial charge in [-0.3, -0.25) is 0 Å². The third-order valence-corrected chi connectivity index (χ3v) is 3.12. The van der Waals surface area contributed by atoms with Crippen LogP contribution in [0.1, 0.15) is 24.0 Å². The standard InChI is InChI=1S/C13H18FNO/c14-13(7-9-16-10-13)12-6-2-1-4-11(12)5-3-8-15/h1-2,4,6H,3,5,7-10,15H2. The quantitative estimate of drug-likeness (QED) is 0.849. The van der Waals surface area contributed by atoms with Gasteiger partial charge in [0.15, 0.2) is 5.67 Å². The molecule has 0 saturated carbocycles. The predicted octanol–water partition coefficient (Wildman–Crippen LogP) is 2.16. The molecule has 1 aromatic carbocycles. The lowest BCUT2D eigenvalue weighted by Crippen LogP contribution is -2.22. The summed E-state index contributed by atoms with van der Waals surface area (Å²) in [6.45, 7) is 1.35. The average Bonchev–Trinajstić information content (AvgIpc) is 2.75. The number of benzene rings is 1. The lowest BCUT2D eigenvalue weighted by molar-refractivity contribution is 0.111. The summed E-state index contributed by atoms with van der Waals surface area (Å²) in [6, 6.07) is 7.71. The normalized spacial score (nSPS) is 24.9. The molecule has 0 radical (unpaired) electrons. The molecule has 1 heterocycles. The molecule has 0 aliphatic carbocycles. The molecular weight excluding hydrogens is 205 g/mol. The fourth-order valence-electron chi connectivity index (χ4n) is 2.22. The van der Waals surface area contributed by atoms with Crippen molar-refractivity contribution in [1.82, 2.24) is 0 Å². The minimum atomic E-state index is -1.29. The van der Waals surface area contributed by atoms with Crippen LogP contribution in [0.4, 0.5) is 4.39 Å². The Morgan fingerprint density at radius 1 is 1.38 bits per heavy atom. The second kappa shape index (κ2) is 4.93. The van der Waals surface area contributed by atoms with E-state index in [0.29, 0.717) is 19.6 Å². The highest BCUT2D eigenvalue weighted by Crippen LogP contribution is 2.36. The van der Waals surface area contributed by atoms with Gasteiger partial charge in [0.25, 0.3) is 0 Å². The Morgan fingerprint density at radius 3 is 2.88 bits per heavy atom. The van der Waals surface area contributed by atoms with Gasteiger partial charge >= 0.3 is 0 Å². The van der Waals surface area contributed by atoms with Crippen LogP contribution >= 0.6 is 0 Å². The van der Waals surface area contributed by atoms with Gasteiger partial charge in [-0.15, -0.1) is 0 Å². The third-order valence-electron chi connectivity index (χ3n) is 3.12. The first-order chi connectivity index (χ1) is 7.76. The Morgan fingerprint density at radius 2 is 2.19 bits per heavy atom. The lowest BCUT2D eigenvalue weighted by atomic mass is 9.89. The number of hydrogen-bond donors (Lipinski definition) is 1. The van der Waals surface area contributed by atoms with Crippen molar-refractivity contribution < 1.29 is 9.13 Å². The second-order valence-corrected chi connectivity index (χ2v) is 4.32. The maximum absolute atomic E-state index is 14.6. The van der Waals surface area contributed by atoms with E-state index in [1.807, 2.05) is 24.3 Å². The molecule has 1 saturated heterocycles. The highest BCUT2D eigenvalue weighted by atomic mass is 19.1. The van der Waals surface area contributed by atoms with Gasteiger partial charge in [-0.05, 0) is 30.5 Å². The van der Waals surface area contributed by atoms with E-state index in [1.165, 1.54) is 0 Å². The van der Waals surface area contributed by atoms with Crippen LogP contribution in [0.15, 0.2) is 24.3 Å². The first kappa shape index (κ1) is 11.6. The predicted molar refractivity (Wildman–Crippen MR) is 62.0 cm³/mol. The summed E-state index contributed by atoms with van der Waals surface area (Å²) in [6.07, 6.45) is 2.21. The van der Waals surface area contributed by atoms with E-state index in [2.05, 4.69) is 0 Å². The van der Waals surface area contributed by atoms with E-state index in [0.717, 1.165) is 24.0 Å². The Kier molecular flexibility index (Phi) is 3.56. The fourth-order valence-corrected chi connectivity index (χ4v) is 2.22. The van der Waals surface area contributed by atoms with Gasteiger partial charge < -0.3 is 10.5 Å². The number of rotatable bonds is 4. The van der Waals surface area contributed by atoms with Crippen LogP contribution in [0.2, 0.25) is 0 Å². The highest BCUT2D eigenvalue weighted by Gasteiger charge is 2.37. The molecule has 0 spiro atoms. The van der Waals surface area contributed by atoms with Crippen molar-refractivity contribution in [2.24, 2.45) is 5.73 Å². The van der Waals surface area contributed by atoms with Crippen molar-refractivity contribution in [3.05, 3.63) is 35.4 Å². The smallest absolute Gasteiger partial charge is 0.161 e. The van der Waals surface area contributed by atoms with E-state index in [-0.39, 0.29) is 6.61 Å². The lowest BCUT2D eigenvalue weighted by Gasteiger charge is -2.21. The van der Waals surface area contributed by atoms with Crippen LogP contribution < -0.4 is 5.73 Å². The number of nitrogens with two attached hydrogens (primary N) is 1. The van der Waals surface area contributed by atoms with E-state index < -0.39 is 5.67 Å². The summed E-state index contributed by atoms with van der Waals surface area (Å²) in [5.41, 5.74) is 6.07. The largest absolute Gasteiger partial charge is 0.378 e. The molecule has 0 bridgehead atoms. The maximum atomic E-state index is 14.6. The van der Waals surface area contributed by atoms with Crippen molar-refractivity contribution in [3.63, 3.8) is 0 Å². The molecule has 1 unspecified atom stereocenters. The first-order valence-corrected chi connectivity index (χ1v) is 5.81. The van der Waals surface area contributed by atoms with Crippen LogP contribution in [0, 0.1) is 0 Å². The molecule has 2 rings (SSSR count). The second-order valence-electron chi connectivity index (χ2n) is 4.32. The molecule has 1 atom stereocenters. The Labute approximate surface area is 95.6 Å². The third kappa shape index (κ3) is 2.25. The van der Waals surface area contributed by atoms with Gasteiger partial charge in [-0.25, -0.2) is 4.39 Å². The maximum Gasteiger partial charge on any atom is 0.161 e. The van der Waals surface area contributed by atoms with Crippen LogP contribution in [0.3, 0.4) is 0 Å². The van der Waals surface area contributed by atoms with Gasteiger partial charge in [0, 0.05) is 6.42 Å². The van der Waals surface area contributed by atoms with Crippen LogP contribution in [-0.4, -0.2) is 19.8 Å². The van der Waals surface area contributed by atoms with Crippen molar-refractivity contribution in [2.45, 2.75) is 24.9 Å². The fraction of sp³-hybridized carbons (Fsp3) is 0.538. The molecule has 2 nitrogen and oxygen atoms in total. The molecular formula is C13H18FNO. The molecule has 1 aliphatic heterocycles. The first-order valence-electron chi connectivity index (χ1n) is 5.81. The van der Waals surface area contributed by atoms with Crippen molar-refractivity contribution >= 4 is 0 Å². The van der Waals surface area contributed by atoms with E-state index in [4.69, 9.17) is 10.5 Å². The minimum Gasteiger partial charge on any atom is -0.378 e. The summed E-state index contributed by atoms with van der Waals surface area (Å²) in [5.74, 6) is 0. The minimum absolute atomic E-state index is 0.187. The molecule has 1 aromatic rings. The van der Waals surface area contributed by atoms with Crippen molar-refractivity contribution in [2.75, 3.05) is 19.8 Å². The molecule has 0 aromatic heterocycles. The van der Waals surface area contributed by atoms with Crippen molar-refractivity contribution in [1.29, 1.82) is 0 Å². The summed E-state index contributed by atoms with van der Waals surface area (Å²) in [5, 5.41) is 0. The number of halogens is 1. The molecule has 3 heteroatoms. The summed E-state index contributed by atoms with van der Waals surface area (Å²) in [7, 11) is 0. The summed E-state index contributed by atoms with van der Waals surface area (Å²) < 4.78 is 19.8. The van der Waals surface area contributed by atoms with E-state index in [1.54, 1.807) is 0 Å². The Hall–Kier alpha value is -0.930. The molecule has 1 fully saturated rings. The molecule has 1 aliphatic rings. The number of hydrogen-bond acceptors (Lipinski definition) is 2. The molecule has 0 amide bonds. The van der Waals surface area contributed by atoms with E-state index >= 15 is 0 Å². The molecule has 16 heavy (non-hydrogen) atoms. The number of ether oxygens (including phenoxy) is 1. The number of alkyl halides is 1. The molecule has 2 N–H and O–H groups in total. The topological polar surface area (TPSA) is 35.2 Å². The van der Waals surface area contributed by atoms with Crippen molar-refractivity contribution in [3.8, 4) is 0 Å². The summed E-state index contributed by atoms with van der Waals surface area (Å²) >= 11 is 0. The zero-order valence-electron chi connectivity index (χ0n) is 9.42. The van der Waals surface area contributed by atoms with Gasteiger partial charge in [0.2, 0.25) is 0 Å². The monoisotopic (exact) mass is 223 g/mol. The highest BCUT2D eigenvalue weighted by molar-refractivity contribution is 5.33. The zero-order chi connectivity index (χ0) is 11.4. The average molecular weight is 223 g/mol. The number of aryl methyl sites for hydroxylation is 1.